The van der Waals surface area contributed by atoms with Gasteiger partial charge in [0, 0.05) is 13.8 Å². The highest BCUT2D eigenvalue weighted by molar-refractivity contribution is 8.10. The van der Waals surface area contributed by atoms with Crippen molar-refractivity contribution in [3.8, 4) is 0 Å². The molecule has 78 valence electrons. The SMILES string of the molecule is COC(=O)C(C)N(C)P(C)(=S)OC. The van der Waals surface area contributed by atoms with Crippen molar-refractivity contribution in [3.05, 3.63) is 0 Å². The van der Waals surface area contributed by atoms with Crippen molar-refractivity contribution in [1.82, 2.24) is 4.67 Å². The van der Waals surface area contributed by atoms with Gasteiger partial charge in [0.1, 0.15) is 12.5 Å². The molecule has 6 heteroatoms. The van der Waals surface area contributed by atoms with Crippen molar-refractivity contribution in [3.63, 3.8) is 0 Å². The largest absolute Gasteiger partial charge is 0.468 e. The van der Waals surface area contributed by atoms with E-state index in [1.54, 1.807) is 25.8 Å². The molecule has 2 unspecified atom stereocenters. The van der Waals surface area contributed by atoms with Crippen LogP contribution in [0.1, 0.15) is 6.92 Å². The zero-order chi connectivity index (χ0) is 10.6. The van der Waals surface area contributed by atoms with Crippen LogP contribution in [0.3, 0.4) is 0 Å². The first-order valence-electron chi connectivity index (χ1n) is 3.81. The molecule has 0 aliphatic heterocycles. The molecule has 0 rings (SSSR count). The van der Waals surface area contributed by atoms with Crippen molar-refractivity contribution in [1.29, 1.82) is 0 Å². The van der Waals surface area contributed by atoms with E-state index in [4.69, 9.17) is 16.3 Å². The summed E-state index contributed by atoms with van der Waals surface area (Å²) in [4.78, 5) is 11.2. The Morgan fingerprint density at radius 1 is 1.54 bits per heavy atom. The molecule has 0 aromatic rings. The minimum atomic E-state index is -2.02. The topological polar surface area (TPSA) is 38.8 Å². The summed E-state index contributed by atoms with van der Waals surface area (Å²) in [5, 5.41) is 0. The highest BCUT2D eigenvalue weighted by Gasteiger charge is 2.26. The van der Waals surface area contributed by atoms with E-state index in [-0.39, 0.29) is 12.0 Å². The lowest BCUT2D eigenvalue weighted by Crippen LogP contribution is -2.34. The van der Waals surface area contributed by atoms with Crippen molar-refractivity contribution in [2.24, 2.45) is 0 Å². The lowest BCUT2D eigenvalue weighted by Gasteiger charge is -2.30. The summed E-state index contributed by atoms with van der Waals surface area (Å²) in [7, 11) is 4.69. The fraction of sp³-hybridized carbons (Fsp3) is 0.857. The van der Waals surface area contributed by atoms with Gasteiger partial charge in [-0.25, -0.2) is 4.67 Å². The molecule has 0 aromatic carbocycles. The molecular weight excluding hydrogens is 209 g/mol. The van der Waals surface area contributed by atoms with Gasteiger partial charge >= 0.3 is 5.97 Å². The van der Waals surface area contributed by atoms with E-state index in [1.807, 2.05) is 6.66 Å². The molecule has 0 spiro atoms. The Bertz CT molecular complexity index is 234. The van der Waals surface area contributed by atoms with Crippen LogP contribution in [0.15, 0.2) is 0 Å². The average molecular weight is 225 g/mol. The summed E-state index contributed by atoms with van der Waals surface area (Å²) in [5.74, 6) is -0.296. The maximum Gasteiger partial charge on any atom is 0.323 e. The number of hydrogen-bond acceptors (Lipinski definition) is 4. The molecule has 2 atom stereocenters. The van der Waals surface area contributed by atoms with Gasteiger partial charge in [0.25, 0.3) is 0 Å². The molecule has 0 amide bonds. The second kappa shape index (κ2) is 5.05. The van der Waals surface area contributed by atoms with Gasteiger partial charge in [-0.2, -0.15) is 0 Å². The number of hydrogen-bond donors (Lipinski definition) is 0. The zero-order valence-corrected chi connectivity index (χ0v) is 10.3. The van der Waals surface area contributed by atoms with Gasteiger partial charge in [-0.1, -0.05) is 11.8 Å². The highest BCUT2D eigenvalue weighted by atomic mass is 32.4. The molecule has 0 aromatic heterocycles. The van der Waals surface area contributed by atoms with Crippen LogP contribution in [0.5, 0.6) is 0 Å². The van der Waals surface area contributed by atoms with E-state index >= 15 is 0 Å². The Morgan fingerprint density at radius 3 is 2.31 bits per heavy atom. The second-order valence-electron chi connectivity index (χ2n) is 2.76. The van der Waals surface area contributed by atoms with E-state index in [2.05, 4.69) is 4.74 Å². The molecule has 0 aliphatic carbocycles. The third kappa shape index (κ3) is 3.35. The molecule has 0 fully saturated rings. The Kier molecular flexibility index (Phi) is 5.07. The van der Waals surface area contributed by atoms with Gasteiger partial charge in [0.2, 0.25) is 0 Å². The predicted octanol–water partition coefficient (Wildman–Crippen LogP) is 1.07. The van der Waals surface area contributed by atoms with Gasteiger partial charge in [-0.05, 0) is 14.0 Å². The quantitative estimate of drug-likeness (QED) is 0.528. The van der Waals surface area contributed by atoms with Crippen LogP contribution >= 0.6 is 6.42 Å². The van der Waals surface area contributed by atoms with E-state index in [1.165, 1.54) is 7.11 Å². The van der Waals surface area contributed by atoms with Gasteiger partial charge in [-0.15, -0.1) is 0 Å². The standard InChI is InChI=1S/C7H16NO3PS/c1-6(7(9)10-3)8(2)12(5,13)11-4/h6H,1-5H3. The molecule has 0 saturated carbocycles. The van der Waals surface area contributed by atoms with Gasteiger partial charge < -0.3 is 9.26 Å². The summed E-state index contributed by atoms with van der Waals surface area (Å²) in [6, 6.07) is -0.360. The summed E-state index contributed by atoms with van der Waals surface area (Å²) < 4.78 is 11.5. The maximum atomic E-state index is 11.2. The van der Waals surface area contributed by atoms with Crippen LogP contribution in [0.25, 0.3) is 0 Å². The molecule has 0 aliphatic rings. The number of likely N-dealkylation sites (N-methyl/N-ethyl adjacent to an activating group) is 1. The Hall–Kier alpha value is 0.0400. The average Bonchev–Trinajstić information content (AvgIpc) is 2.14. The Labute approximate surface area is 84.3 Å². The molecule has 0 bridgehead atoms. The second-order valence-corrected chi connectivity index (χ2v) is 7.39. The van der Waals surface area contributed by atoms with Gasteiger partial charge in [0.05, 0.1) is 7.11 Å². The van der Waals surface area contributed by atoms with Gasteiger partial charge in [-0.3, -0.25) is 4.79 Å². The smallest absolute Gasteiger partial charge is 0.323 e. The fourth-order valence-corrected chi connectivity index (χ4v) is 2.17. The molecule has 0 saturated heterocycles. The zero-order valence-electron chi connectivity index (χ0n) is 8.60. The van der Waals surface area contributed by atoms with E-state index in [0.717, 1.165) is 0 Å². The fourth-order valence-electron chi connectivity index (χ4n) is 0.767. The number of rotatable bonds is 4. The summed E-state index contributed by atoms with van der Waals surface area (Å²) in [6.07, 6.45) is -2.02. The first kappa shape index (κ1) is 13.0. The predicted molar refractivity (Wildman–Crippen MR) is 56.5 cm³/mol. The normalized spacial score (nSPS) is 18.0. The number of carbonyl (C=O) groups is 1. The highest BCUT2D eigenvalue weighted by Crippen LogP contribution is 2.46. The van der Waals surface area contributed by atoms with Crippen LogP contribution in [0.2, 0.25) is 0 Å². The minimum Gasteiger partial charge on any atom is -0.468 e. The lowest BCUT2D eigenvalue weighted by atomic mass is 10.4. The molecular formula is C7H16NO3PS. The number of methoxy groups -OCH3 is 1. The Morgan fingerprint density at radius 2 is 2.00 bits per heavy atom. The first-order valence-corrected chi connectivity index (χ1v) is 6.93. The third-order valence-corrected chi connectivity index (χ3v) is 5.40. The summed E-state index contributed by atoms with van der Waals surface area (Å²) in [6.45, 7) is 3.57. The number of nitrogens with zero attached hydrogens (tertiary/aromatic N) is 1. The number of ether oxygens (including phenoxy) is 1. The minimum absolute atomic E-state index is 0.296. The van der Waals surface area contributed by atoms with Crippen LogP contribution in [-0.4, -0.2) is 44.6 Å². The number of esters is 1. The number of carbonyl (C=O) groups excluding carboxylic acids is 1. The van der Waals surface area contributed by atoms with E-state index in [0.29, 0.717) is 0 Å². The first-order chi connectivity index (χ1) is 5.86. The lowest BCUT2D eigenvalue weighted by molar-refractivity contribution is -0.144. The third-order valence-electron chi connectivity index (χ3n) is 2.01. The maximum absolute atomic E-state index is 11.2. The van der Waals surface area contributed by atoms with Gasteiger partial charge in [0.15, 0.2) is 0 Å². The van der Waals surface area contributed by atoms with Crippen molar-refractivity contribution in [2.75, 3.05) is 27.9 Å². The molecule has 0 heterocycles. The molecule has 0 radical (unpaired) electrons. The van der Waals surface area contributed by atoms with Crippen LogP contribution < -0.4 is 0 Å². The van der Waals surface area contributed by atoms with Crippen LogP contribution in [-0.2, 0) is 25.9 Å². The van der Waals surface area contributed by atoms with E-state index < -0.39 is 6.42 Å². The van der Waals surface area contributed by atoms with Crippen LogP contribution in [0, 0.1) is 0 Å². The van der Waals surface area contributed by atoms with E-state index in [9.17, 15) is 4.79 Å². The summed E-state index contributed by atoms with van der Waals surface area (Å²) >= 11 is 5.22. The van der Waals surface area contributed by atoms with Crippen LogP contribution in [0.4, 0.5) is 0 Å². The van der Waals surface area contributed by atoms with Crippen molar-refractivity contribution >= 4 is 24.2 Å². The molecule has 13 heavy (non-hydrogen) atoms. The molecule has 0 N–H and O–H groups in total. The Balaban J connectivity index is 4.51. The monoisotopic (exact) mass is 225 g/mol. The molecule has 4 nitrogen and oxygen atoms in total. The van der Waals surface area contributed by atoms with Crippen molar-refractivity contribution < 1.29 is 14.1 Å². The van der Waals surface area contributed by atoms with Crippen molar-refractivity contribution in [2.45, 2.75) is 13.0 Å². The summed E-state index contributed by atoms with van der Waals surface area (Å²) in [5.41, 5.74) is 0.